The number of carbonyl (C=O) groups excluding carboxylic acids is 4. The van der Waals surface area contributed by atoms with Crippen molar-refractivity contribution in [1.29, 1.82) is 5.26 Å². The molecule has 2 aromatic carbocycles. The highest BCUT2D eigenvalue weighted by Gasteiger charge is 2.42. The number of benzene rings is 2. The Hall–Kier alpha value is -4.20. The lowest BCUT2D eigenvalue weighted by Crippen LogP contribution is -2.52. The number of imide groups is 2. The summed E-state index contributed by atoms with van der Waals surface area (Å²) >= 11 is 0. The number of hydrogen-bond donors (Lipinski definition) is 4. The van der Waals surface area contributed by atoms with Gasteiger partial charge in [-0.1, -0.05) is 0 Å². The van der Waals surface area contributed by atoms with Crippen molar-refractivity contribution in [3.8, 4) is 6.07 Å². The second-order valence-corrected chi connectivity index (χ2v) is 6.79. The lowest BCUT2D eigenvalue weighted by atomic mass is 9.83. The van der Waals surface area contributed by atoms with Gasteiger partial charge in [-0.25, -0.2) is 25.7 Å². The highest BCUT2D eigenvalue weighted by atomic mass is 16.3. The monoisotopic (exact) mass is 434 g/mol. The lowest BCUT2D eigenvalue weighted by Gasteiger charge is -2.33. The van der Waals surface area contributed by atoms with Gasteiger partial charge in [0.1, 0.15) is 6.07 Å². The number of carbonyl (C=O) groups is 4. The average molecular weight is 434 g/mol. The summed E-state index contributed by atoms with van der Waals surface area (Å²) in [6, 6.07) is 4.12. The van der Waals surface area contributed by atoms with Crippen LogP contribution in [0.2, 0.25) is 0 Å². The summed E-state index contributed by atoms with van der Waals surface area (Å²) in [6.07, 6.45) is 0. The number of amides is 4. The zero-order chi connectivity index (χ0) is 23.2. The first kappa shape index (κ1) is 21.0. The minimum Gasteiger partial charge on any atom is -0.395 e. The smallest absolute Gasteiger partial charge is 0.277 e. The summed E-state index contributed by atoms with van der Waals surface area (Å²) in [6.45, 7) is 6.48. The number of nitrogens with one attached hydrogen (secondary N) is 2. The summed E-state index contributed by atoms with van der Waals surface area (Å²) in [5.41, 5.74) is 3.87. The number of nitrogens with zero attached hydrogens (tertiary/aromatic N) is 4. The van der Waals surface area contributed by atoms with E-state index in [1.165, 1.54) is 0 Å². The van der Waals surface area contributed by atoms with Gasteiger partial charge >= 0.3 is 0 Å². The third-order valence-electron chi connectivity index (χ3n) is 5.09. The molecule has 32 heavy (non-hydrogen) atoms. The van der Waals surface area contributed by atoms with Crippen LogP contribution in [-0.2, 0) is 0 Å². The van der Waals surface area contributed by atoms with Gasteiger partial charge < -0.3 is 10.2 Å². The molecular formula is C20H14N6O6. The first-order valence-corrected chi connectivity index (χ1v) is 9.32. The van der Waals surface area contributed by atoms with Crippen molar-refractivity contribution in [1.82, 2.24) is 20.9 Å². The summed E-state index contributed by atoms with van der Waals surface area (Å²) < 4.78 is 0. The Morgan fingerprint density at radius 2 is 1.38 bits per heavy atom. The number of nitriles is 1. The molecule has 0 unspecified atom stereocenters. The van der Waals surface area contributed by atoms with Crippen molar-refractivity contribution in [2.45, 2.75) is 0 Å². The second-order valence-electron chi connectivity index (χ2n) is 6.79. The van der Waals surface area contributed by atoms with Gasteiger partial charge in [0.15, 0.2) is 0 Å². The third kappa shape index (κ3) is 2.76. The summed E-state index contributed by atoms with van der Waals surface area (Å²) in [4.78, 5) is 55.6. The molecule has 2 aliphatic rings. The molecule has 0 bridgehead atoms. The Labute approximate surface area is 180 Å². The predicted octanol–water partition coefficient (Wildman–Crippen LogP) is -0.552. The topological polar surface area (TPSA) is 167 Å². The number of hydrazine groups is 2. The van der Waals surface area contributed by atoms with E-state index in [1.54, 1.807) is 0 Å². The van der Waals surface area contributed by atoms with Crippen LogP contribution in [0.1, 0.15) is 47.0 Å². The van der Waals surface area contributed by atoms with E-state index in [9.17, 15) is 24.4 Å². The molecule has 0 saturated heterocycles. The van der Waals surface area contributed by atoms with E-state index >= 15 is 0 Å². The van der Waals surface area contributed by atoms with E-state index in [-0.39, 0.29) is 70.6 Å². The molecule has 0 spiro atoms. The van der Waals surface area contributed by atoms with Crippen molar-refractivity contribution in [3.05, 3.63) is 51.4 Å². The summed E-state index contributed by atoms with van der Waals surface area (Å²) in [7, 11) is 0. The van der Waals surface area contributed by atoms with E-state index in [4.69, 9.17) is 16.8 Å². The molecule has 0 fully saturated rings. The fourth-order valence-electron chi connectivity index (χ4n) is 3.83. The van der Waals surface area contributed by atoms with E-state index in [1.807, 2.05) is 6.07 Å². The minimum atomic E-state index is -0.888. The van der Waals surface area contributed by atoms with Crippen LogP contribution in [0.15, 0.2) is 12.1 Å². The van der Waals surface area contributed by atoms with Gasteiger partial charge in [0.25, 0.3) is 23.6 Å². The molecule has 4 amide bonds. The van der Waals surface area contributed by atoms with Crippen molar-refractivity contribution < 1.29 is 29.4 Å². The first-order chi connectivity index (χ1) is 15.4. The van der Waals surface area contributed by atoms with Gasteiger partial charge in [0.05, 0.1) is 42.0 Å². The largest absolute Gasteiger partial charge is 0.395 e. The van der Waals surface area contributed by atoms with Crippen LogP contribution >= 0.6 is 0 Å². The maximum Gasteiger partial charge on any atom is 0.277 e. The SMILES string of the molecule is [C-]#[N+]c1cc2c3c(c(C#N)cc4c3c1C(=O)N(NCCO)C4=O)C(=O)N(NCCO)C2=O. The van der Waals surface area contributed by atoms with Gasteiger partial charge in [0, 0.05) is 24.0 Å². The fraction of sp³-hybridized carbons (Fsp3) is 0.200. The number of rotatable bonds is 6. The van der Waals surface area contributed by atoms with Gasteiger partial charge in [-0.05, 0) is 17.5 Å². The maximum absolute atomic E-state index is 13.1. The van der Waals surface area contributed by atoms with E-state index in [2.05, 4.69) is 15.7 Å². The molecular weight excluding hydrogens is 420 g/mol. The molecule has 160 valence electrons. The van der Waals surface area contributed by atoms with Gasteiger partial charge in [-0.15, -0.1) is 0 Å². The van der Waals surface area contributed by atoms with Crippen LogP contribution < -0.4 is 10.9 Å². The number of hydrogen-bond acceptors (Lipinski definition) is 9. The van der Waals surface area contributed by atoms with Crippen molar-refractivity contribution in [2.75, 3.05) is 26.3 Å². The normalized spacial score (nSPS) is 14.8. The first-order valence-electron chi connectivity index (χ1n) is 9.32. The quantitative estimate of drug-likeness (QED) is 0.344. The molecule has 2 aliphatic heterocycles. The summed E-state index contributed by atoms with van der Waals surface area (Å²) in [5.74, 6) is -3.48. The van der Waals surface area contributed by atoms with Crippen LogP contribution in [0.4, 0.5) is 5.69 Å². The van der Waals surface area contributed by atoms with Crippen molar-refractivity contribution >= 4 is 40.1 Å². The van der Waals surface area contributed by atoms with Crippen LogP contribution in [0.3, 0.4) is 0 Å². The van der Waals surface area contributed by atoms with Gasteiger partial charge in [-0.2, -0.15) is 5.26 Å². The zero-order valence-electron chi connectivity index (χ0n) is 16.3. The third-order valence-corrected chi connectivity index (χ3v) is 5.09. The Morgan fingerprint density at radius 3 is 1.88 bits per heavy atom. The standard InChI is InChI=1S/C20H14N6O6/c1-22-12-7-11-14-13(19(31)25(18(11)30)23-2-4-27)9(8-21)6-10-15(14)16(12)20(32)26(17(10)29)24-3-5-28/h6-7,23-24,27-28H,2-5H2. The second kappa shape index (κ2) is 7.81. The Kier molecular flexibility index (Phi) is 5.14. The highest BCUT2D eigenvalue weighted by Crippen LogP contribution is 2.43. The lowest BCUT2D eigenvalue weighted by molar-refractivity contribution is 0.0488. The van der Waals surface area contributed by atoms with E-state index in [0.717, 1.165) is 12.1 Å². The molecule has 2 heterocycles. The van der Waals surface area contributed by atoms with Gasteiger partial charge in [-0.3, -0.25) is 19.2 Å². The molecule has 0 saturated carbocycles. The van der Waals surface area contributed by atoms with E-state index in [0.29, 0.717) is 10.0 Å². The van der Waals surface area contributed by atoms with Crippen molar-refractivity contribution in [3.63, 3.8) is 0 Å². The molecule has 4 rings (SSSR count). The van der Waals surface area contributed by atoms with Crippen LogP contribution in [-0.4, -0.2) is 70.2 Å². The van der Waals surface area contributed by atoms with Gasteiger partial charge in [0.2, 0.25) is 5.69 Å². The number of aliphatic hydroxyl groups is 2. The van der Waals surface area contributed by atoms with Crippen molar-refractivity contribution in [2.24, 2.45) is 0 Å². The molecule has 0 aliphatic carbocycles. The molecule has 4 N–H and O–H groups in total. The zero-order valence-corrected chi connectivity index (χ0v) is 16.3. The van der Waals surface area contributed by atoms with Crippen LogP contribution in [0.5, 0.6) is 0 Å². The van der Waals surface area contributed by atoms with Crippen LogP contribution in [0, 0.1) is 17.9 Å². The number of aliphatic hydroxyl groups excluding tert-OH is 2. The molecule has 12 heteroatoms. The Balaban J connectivity index is 2.11. The highest BCUT2D eigenvalue weighted by molar-refractivity contribution is 6.35. The van der Waals surface area contributed by atoms with Crippen LogP contribution in [0.25, 0.3) is 15.6 Å². The Morgan fingerprint density at radius 1 is 0.875 bits per heavy atom. The predicted molar refractivity (Wildman–Crippen MR) is 106 cm³/mol. The fourth-order valence-corrected chi connectivity index (χ4v) is 3.83. The molecule has 12 nitrogen and oxygen atoms in total. The maximum atomic E-state index is 13.1. The molecule has 0 radical (unpaired) electrons. The average Bonchev–Trinajstić information content (AvgIpc) is 2.80. The molecule has 0 atom stereocenters. The van der Waals surface area contributed by atoms with E-state index < -0.39 is 23.6 Å². The minimum absolute atomic E-state index is 0.0527. The summed E-state index contributed by atoms with van der Waals surface area (Å²) in [5, 5.41) is 28.9. The molecule has 0 aromatic heterocycles. The molecule has 2 aromatic rings. The Bertz CT molecular complexity index is 1220.